The predicted octanol–water partition coefficient (Wildman–Crippen LogP) is 3.87. The van der Waals surface area contributed by atoms with Gasteiger partial charge in [0.25, 0.3) is 0 Å². The van der Waals surface area contributed by atoms with Crippen molar-refractivity contribution in [3.05, 3.63) is 70.0 Å². The van der Waals surface area contributed by atoms with Gasteiger partial charge in [-0.25, -0.2) is 4.39 Å². The van der Waals surface area contributed by atoms with Gasteiger partial charge in [0, 0.05) is 10.6 Å². The molecule has 17 heavy (non-hydrogen) atoms. The van der Waals surface area contributed by atoms with E-state index >= 15 is 0 Å². The molecule has 1 N–H and O–H groups in total. The minimum Gasteiger partial charge on any atom is -0.384 e. The van der Waals surface area contributed by atoms with Crippen LogP contribution in [0.2, 0.25) is 5.02 Å². The Morgan fingerprint density at radius 3 is 2.41 bits per heavy atom. The first-order valence-electron chi connectivity index (χ1n) is 5.28. The largest absolute Gasteiger partial charge is 0.384 e. The summed E-state index contributed by atoms with van der Waals surface area (Å²) in [6.07, 6.45) is -0.966. The molecule has 0 aromatic heterocycles. The van der Waals surface area contributed by atoms with Gasteiger partial charge in [-0.05, 0) is 30.2 Å². The Balaban J connectivity index is 2.40. The van der Waals surface area contributed by atoms with Crippen LogP contribution in [0.25, 0.3) is 0 Å². The molecular weight excluding hydrogens is 239 g/mol. The standard InChI is InChI=1S/C14H12ClFO/c1-9-3-2-4-12(13(9)16)14(17)10-5-7-11(15)8-6-10/h2-8,14,17H,1H3. The Morgan fingerprint density at radius 2 is 1.76 bits per heavy atom. The average Bonchev–Trinajstić information content (AvgIpc) is 2.33. The summed E-state index contributed by atoms with van der Waals surface area (Å²) < 4.78 is 13.8. The number of aryl methyl sites for hydroxylation is 1. The number of benzene rings is 2. The van der Waals surface area contributed by atoms with E-state index in [9.17, 15) is 9.50 Å². The van der Waals surface area contributed by atoms with Gasteiger partial charge in [-0.1, -0.05) is 41.9 Å². The van der Waals surface area contributed by atoms with Crippen molar-refractivity contribution in [2.45, 2.75) is 13.0 Å². The molecule has 88 valence electrons. The first-order valence-corrected chi connectivity index (χ1v) is 5.66. The first-order chi connectivity index (χ1) is 8.09. The maximum Gasteiger partial charge on any atom is 0.132 e. The van der Waals surface area contributed by atoms with Crippen LogP contribution < -0.4 is 0 Å². The maximum atomic E-state index is 13.8. The van der Waals surface area contributed by atoms with Crippen LogP contribution in [0, 0.1) is 12.7 Å². The molecule has 0 aliphatic heterocycles. The van der Waals surface area contributed by atoms with Crippen LogP contribution in [0.4, 0.5) is 4.39 Å². The predicted molar refractivity (Wildman–Crippen MR) is 66.7 cm³/mol. The third kappa shape index (κ3) is 2.48. The smallest absolute Gasteiger partial charge is 0.132 e. The molecule has 0 aliphatic carbocycles. The zero-order valence-electron chi connectivity index (χ0n) is 9.32. The van der Waals surface area contributed by atoms with Crippen LogP contribution in [-0.2, 0) is 0 Å². The summed E-state index contributed by atoms with van der Waals surface area (Å²) in [5.74, 6) is -0.366. The van der Waals surface area contributed by atoms with E-state index in [4.69, 9.17) is 11.6 Å². The van der Waals surface area contributed by atoms with Crippen LogP contribution in [-0.4, -0.2) is 5.11 Å². The van der Waals surface area contributed by atoms with Crippen LogP contribution in [0.3, 0.4) is 0 Å². The van der Waals surface area contributed by atoms with Gasteiger partial charge in [0.2, 0.25) is 0 Å². The van der Waals surface area contributed by atoms with Gasteiger partial charge in [-0.15, -0.1) is 0 Å². The highest BCUT2D eigenvalue weighted by Gasteiger charge is 2.15. The van der Waals surface area contributed by atoms with Crippen LogP contribution >= 0.6 is 11.6 Å². The van der Waals surface area contributed by atoms with Crippen molar-refractivity contribution in [2.24, 2.45) is 0 Å². The zero-order valence-corrected chi connectivity index (χ0v) is 10.1. The highest BCUT2D eigenvalue weighted by Crippen LogP contribution is 2.26. The van der Waals surface area contributed by atoms with Crippen LogP contribution in [0.15, 0.2) is 42.5 Å². The summed E-state index contributed by atoms with van der Waals surface area (Å²) in [5, 5.41) is 10.7. The number of aliphatic hydroxyl groups excluding tert-OH is 1. The molecule has 0 saturated heterocycles. The van der Waals surface area contributed by atoms with Crippen molar-refractivity contribution >= 4 is 11.6 Å². The number of hydrogen-bond donors (Lipinski definition) is 1. The lowest BCUT2D eigenvalue weighted by atomic mass is 9.99. The lowest BCUT2D eigenvalue weighted by Gasteiger charge is -2.13. The van der Waals surface area contributed by atoms with E-state index in [0.717, 1.165) is 0 Å². The molecule has 0 bridgehead atoms. The fourth-order valence-corrected chi connectivity index (χ4v) is 1.83. The van der Waals surface area contributed by atoms with Crippen molar-refractivity contribution in [1.29, 1.82) is 0 Å². The summed E-state index contributed by atoms with van der Waals surface area (Å²) in [5.41, 5.74) is 1.43. The Hall–Kier alpha value is -1.38. The molecule has 0 saturated carbocycles. The Kier molecular flexibility index (Phi) is 3.46. The van der Waals surface area contributed by atoms with Gasteiger partial charge in [-0.3, -0.25) is 0 Å². The van der Waals surface area contributed by atoms with E-state index in [2.05, 4.69) is 0 Å². The van der Waals surface area contributed by atoms with Crippen molar-refractivity contribution in [3.63, 3.8) is 0 Å². The van der Waals surface area contributed by atoms with Crippen molar-refractivity contribution < 1.29 is 9.50 Å². The van der Waals surface area contributed by atoms with E-state index in [-0.39, 0.29) is 11.4 Å². The average molecular weight is 251 g/mol. The molecule has 0 fully saturated rings. The second kappa shape index (κ2) is 4.86. The molecular formula is C14H12ClFO. The number of rotatable bonds is 2. The van der Waals surface area contributed by atoms with Crippen LogP contribution in [0.5, 0.6) is 0 Å². The molecule has 0 aliphatic rings. The van der Waals surface area contributed by atoms with E-state index in [1.54, 1.807) is 49.4 Å². The SMILES string of the molecule is Cc1cccc(C(O)c2ccc(Cl)cc2)c1F. The zero-order chi connectivity index (χ0) is 12.4. The summed E-state index contributed by atoms with van der Waals surface area (Å²) in [6.45, 7) is 1.67. The van der Waals surface area contributed by atoms with Gasteiger partial charge < -0.3 is 5.11 Å². The highest BCUT2D eigenvalue weighted by atomic mass is 35.5. The van der Waals surface area contributed by atoms with Crippen LogP contribution in [0.1, 0.15) is 22.8 Å². The molecule has 2 rings (SSSR count). The first kappa shape index (κ1) is 12.1. The molecule has 2 aromatic carbocycles. The fraction of sp³-hybridized carbons (Fsp3) is 0.143. The summed E-state index contributed by atoms with van der Waals surface area (Å²) in [6, 6.07) is 11.7. The van der Waals surface area contributed by atoms with Crippen molar-refractivity contribution in [3.8, 4) is 0 Å². The summed E-state index contributed by atoms with van der Waals surface area (Å²) >= 11 is 5.76. The molecule has 1 atom stereocenters. The second-order valence-corrected chi connectivity index (χ2v) is 4.37. The van der Waals surface area contributed by atoms with E-state index in [1.807, 2.05) is 0 Å². The van der Waals surface area contributed by atoms with Gasteiger partial charge in [0.15, 0.2) is 0 Å². The Morgan fingerprint density at radius 1 is 1.12 bits per heavy atom. The third-order valence-electron chi connectivity index (χ3n) is 2.70. The third-order valence-corrected chi connectivity index (χ3v) is 2.95. The minimum atomic E-state index is -0.966. The molecule has 0 radical (unpaired) electrons. The van der Waals surface area contributed by atoms with Gasteiger partial charge in [0.1, 0.15) is 11.9 Å². The normalized spacial score (nSPS) is 12.5. The number of halogens is 2. The Labute approximate surface area is 104 Å². The Bertz CT molecular complexity index is 522. The highest BCUT2D eigenvalue weighted by molar-refractivity contribution is 6.30. The van der Waals surface area contributed by atoms with Crippen molar-refractivity contribution in [2.75, 3.05) is 0 Å². The lowest BCUT2D eigenvalue weighted by molar-refractivity contribution is 0.214. The molecule has 0 heterocycles. The monoisotopic (exact) mass is 250 g/mol. The topological polar surface area (TPSA) is 20.2 Å². The van der Waals surface area contributed by atoms with Gasteiger partial charge in [-0.2, -0.15) is 0 Å². The molecule has 1 nitrogen and oxygen atoms in total. The molecule has 1 unspecified atom stereocenters. The molecule has 2 aromatic rings. The molecule has 0 spiro atoms. The van der Waals surface area contributed by atoms with E-state index in [0.29, 0.717) is 16.1 Å². The number of hydrogen-bond acceptors (Lipinski definition) is 1. The van der Waals surface area contributed by atoms with Gasteiger partial charge in [0.05, 0.1) is 0 Å². The lowest BCUT2D eigenvalue weighted by Crippen LogP contribution is -2.03. The van der Waals surface area contributed by atoms with Crippen molar-refractivity contribution in [1.82, 2.24) is 0 Å². The fourth-order valence-electron chi connectivity index (χ4n) is 1.71. The summed E-state index contributed by atoms with van der Waals surface area (Å²) in [7, 11) is 0. The van der Waals surface area contributed by atoms with E-state index in [1.165, 1.54) is 0 Å². The van der Waals surface area contributed by atoms with E-state index < -0.39 is 6.10 Å². The number of aliphatic hydroxyl groups is 1. The maximum absolute atomic E-state index is 13.8. The summed E-state index contributed by atoms with van der Waals surface area (Å²) in [4.78, 5) is 0. The quantitative estimate of drug-likeness (QED) is 0.858. The molecule has 3 heteroatoms. The minimum absolute atomic E-state index is 0.285. The molecule has 0 amide bonds. The van der Waals surface area contributed by atoms with Gasteiger partial charge >= 0.3 is 0 Å². The second-order valence-electron chi connectivity index (χ2n) is 3.93.